The van der Waals surface area contributed by atoms with Crippen molar-refractivity contribution in [3.8, 4) is 0 Å². The first kappa shape index (κ1) is 16.1. The summed E-state index contributed by atoms with van der Waals surface area (Å²) >= 11 is 6.16. The maximum absolute atomic E-state index is 13.8. The van der Waals surface area contributed by atoms with Crippen molar-refractivity contribution in [3.63, 3.8) is 0 Å². The molecule has 23 heavy (non-hydrogen) atoms. The molecular weight excluding hydrogens is 317 g/mol. The van der Waals surface area contributed by atoms with Crippen molar-refractivity contribution in [1.29, 1.82) is 0 Å². The third kappa shape index (κ3) is 3.03. The number of nitrogens with zero attached hydrogens (tertiary/aromatic N) is 2. The van der Waals surface area contributed by atoms with E-state index in [1.807, 2.05) is 12.1 Å². The number of aryl methyl sites for hydroxylation is 1. The predicted molar refractivity (Wildman–Crippen MR) is 89.8 cm³/mol. The van der Waals surface area contributed by atoms with Crippen LogP contribution in [0.15, 0.2) is 24.3 Å². The van der Waals surface area contributed by atoms with Crippen LogP contribution in [0.2, 0.25) is 5.02 Å². The zero-order valence-corrected chi connectivity index (χ0v) is 13.9. The molecule has 2 heterocycles. The summed E-state index contributed by atoms with van der Waals surface area (Å²) in [5, 5.41) is 4.40. The number of halogens is 2. The van der Waals surface area contributed by atoms with Gasteiger partial charge in [0.1, 0.15) is 6.17 Å². The first-order chi connectivity index (χ1) is 11.0. The number of likely N-dealkylation sites (N-methyl/N-ethyl adjacent to an activating group) is 1. The van der Waals surface area contributed by atoms with E-state index < -0.39 is 6.17 Å². The third-order valence-electron chi connectivity index (χ3n) is 4.28. The smallest absolute Gasteiger partial charge is 0.256 e. The number of fused-ring (bicyclic) bond motifs is 1. The van der Waals surface area contributed by atoms with Crippen molar-refractivity contribution < 1.29 is 9.18 Å². The van der Waals surface area contributed by atoms with E-state index in [-0.39, 0.29) is 18.5 Å². The molecule has 1 aromatic carbocycles. The minimum atomic E-state index is -0.972. The fraction of sp³-hybridized carbons (Fsp3) is 0.412. The van der Waals surface area contributed by atoms with Crippen LogP contribution in [-0.4, -0.2) is 48.1 Å². The summed E-state index contributed by atoms with van der Waals surface area (Å²) in [6.45, 7) is 2.50. The maximum Gasteiger partial charge on any atom is 0.256 e. The standard InChI is InChI=1S/C17H19ClFN3O/c1-10-14(6-11-4-3-5-15(18)16(11)21-10)17(23)22-9-12(19)7-13(22)8-20-2/h3-6,12-13,20H,7-9H2,1-2H3/t12-,13-/m0/s1. The Kier molecular flexibility index (Phi) is 4.50. The molecule has 0 saturated carbocycles. The fourth-order valence-electron chi connectivity index (χ4n) is 3.16. The van der Waals surface area contributed by atoms with Crippen molar-refractivity contribution in [3.05, 3.63) is 40.5 Å². The summed E-state index contributed by atoms with van der Waals surface area (Å²) in [4.78, 5) is 19.0. The molecule has 1 aliphatic rings. The molecule has 1 N–H and O–H groups in total. The Bertz CT molecular complexity index is 752. The molecule has 1 saturated heterocycles. The average Bonchev–Trinajstić information content (AvgIpc) is 2.88. The largest absolute Gasteiger partial charge is 0.331 e. The Hall–Kier alpha value is -1.72. The van der Waals surface area contributed by atoms with Gasteiger partial charge in [-0.2, -0.15) is 0 Å². The molecule has 0 spiro atoms. The van der Waals surface area contributed by atoms with Crippen LogP contribution in [0.5, 0.6) is 0 Å². The van der Waals surface area contributed by atoms with Crippen molar-refractivity contribution in [1.82, 2.24) is 15.2 Å². The van der Waals surface area contributed by atoms with Gasteiger partial charge in [0.05, 0.1) is 28.3 Å². The molecule has 0 bridgehead atoms. The SMILES string of the molecule is CNC[C@@H]1C[C@H](F)CN1C(=O)c1cc2cccc(Cl)c2nc1C. The van der Waals surface area contributed by atoms with Gasteiger partial charge in [0.25, 0.3) is 5.91 Å². The van der Waals surface area contributed by atoms with Gasteiger partial charge < -0.3 is 10.2 Å². The zero-order valence-electron chi connectivity index (χ0n) is 13.1. The highest BCUT2D eigenvalue weighted by atomic mass is 35.5. The highest BCUT2D eigenvalue weighted by molar-refractivity contribution is 6.35. The van der Waals surface area contributed by atoms with Crippen LogP contribution in [0, 0.1) is 6.92 Å². The van der Waals surface area contributed by atoms with E-state index in [0.29, 0.717) is 34.8 Å². The van der Waals surface area contributed by atoms with E-state index in [2.05, 4.69) is 10.3 Å². The number of aromatic nitrogens is 1. The molecule has 1 aromatic heterocycles. The lowest BCUT2D eigenvalue weighted by Gasteiger charge is -2.24. The maximum atomic E-state index is 13.8. The summed E-state index contributed by atoms with van der Waals surface area (Å²) in [5.74, 6) is -0.169. The van der Waals surface area contributed by atoms with E-state index in [0.717, 1.165) is 5.39 Å². The molecule has 122 valence electrons. The van der Waals surface area contributed by atoms with Crippen molar-refractivity contribution in [2.75, 3.05) is 20.1 Å². The second-order valence-electron chi connectivity index (χ2n) is 5.93. The fourth-order valence-corrected chi connectivity index (χ4v) is 3.39. The van der Waals surface area contributed by atoms with Crippen molar-refractivity contribution in [2.45, 2.75) is 25.6 Å². The van der Waals surface area contributed by atoms with E-state index in [4.69, 9.17) is 11.6 Å². The van der Waals surface area contributed by atoms with Crippen LogP contribution in [-0.2, 0) is 0 Å². The first-order valence-corrected chi connectivity index (χ1v) is 8.04. The molecule has 6 heteroatoms. The van der Waals surface area contributed by atoms with Gasteiger partial charge in [-0.05, 0) is 26.1 Å². The predicted octanol–water partition coefficient (Wildman–Crippen LogP) is 2.97. The molecule has 2 aromatic rings. The lowest BCUT2D eigenvalue weighted by molar-refractivity contribution is 0.0728. The normalized spacial score (nSPS) is 21.1. The molecule has 1 aliphatic heterocycles. The minimum absolute atomic E-state index is 0.128. The Morgan fingerprint density at radius 2 is 2.30 bits per heavy atom. The molecular formula is C17H19ClFN3O. The van der Waals surface area contributed by atoms with Crippen LogP contribution >= 0.6 is 11.6 Å². The Morgan fingerprint density at radius 3 is 3.04 bits per heavy atom. The summed E-state index contributed by atoms with van der Waals surface area (Å²) in [5.41, 5.74) is 1.80. The lowest BCUT2D eigenvalue weighted by atomic mass is 10.1. The summed E-state index contributed by atoms with van der Waals surface area (Å²) in [6.07, 6.45) is -0.598. The molecule has 2 atom stereocenters. The lowest BCUT2D eigenvalue weighted by Crippen LogP contribution is -2.41. The van der Waals surface area contributed by atoms with Crippen molar-refractivity contribution >= 4 is 28.4 Å². The number of nitrogens with one attached hydrogen (secondary N) is 1. The number of hydrogen-bond acceptors (Lipinski definition) is 3. The molecule has 0 radical (unpaired) electrons. The number of carbonyl (C=O) groups is 1. The van der Waals surface area contributed by atoms with Gasteiger partial charge in [-0.15, -0.1) is 0 Å². The average molecular weight is 336 g/mol. The number of amides is 1. The summed E-state index contributed by atoms with van der Waals surface area (Å²) in [7, 11) is 1.80. The van der Waals surface area contributed by atoms with Gasteiger partial charge in [0, 0.05) is 24.4 Å². The monoisotopic (exact) mass is 335 g/mol. The molecule has 4 nitrogen and oxygen atoms in total. The summed E-state index contributed by atoms with van der Waals surface area (Å²) in [6, 6.07) is 7.14. The van der Waals surface area contributed by atoms with E-state index >= 15 is 0 Å². The van der Waals surface area contributed by atoms with Gasteiger partial charge >= 0.3 is 0 Å². The number of benzene rings is 1. The molecule has 1 amide bonds. The van der Waals surface area contributed by atoms with Crippen LogP contribution < -0.4 is 5.32 Å². The zero-order chi connectivity index (χ0) is 16.6. The number of alkyl halides is 1. The summed E-state index contributed by atoms with van der Waals surface area (Å²) < 4.78 is 13.8. The number of para-hydroxylation sites is 1. The number of likely N-dealkylation sites (tertiary alicyclic amines) is 1. The van der Waals surface area contributed by atoms with Gasteiger partial charge in [0.2, 0.25) is 0 Å². The van der Waals surface area contributed by atoms with Crippen LogP contribution in [0.4, 0.5) is 4.39 Å². The third-order valence-corrected chi connectivity index (χ3v) is 4.59. The molecule has 3 rings (SSSR count). The van der Waals surface area contributed by atoms with E-state index in [1.165, 1.54) is 0 Å². The van der Waals surface area contributed by atoms with E-state index in [9.17, 15) is 9.18 Å². The second kappa shape index (κ2) is 6.42. The Morgan fingerprint density at radius 1 is 1.52 bits per heavy atom. The minimum Gasteiger partial charge on any atom is -0.331 e. The van der Waals surface area contributed by atoms with Gasteiger partial charge in [-0.25, -0.2) is 4.39 Å². The van der Waals surface area contributed by atoms with Gasteiger partial charge in [-0.1, -0.05) is 23.7 Å². The van der Waals surface area contributed by atoms with Gasteiger partial charge in [-0.3, -0.25) is 9.78 Å². The number of carbonyl (C=O) groups excluding carboxylic acids is 1. The molecule has 1 fully saturated rings. The van der Waals surface area contributed by atoms with E-state index in [1.54, 1.807) is 31.0 Å². The highest BCUT2D eigenvalue weighted by Gasteiger charge is 2.35. The first-order valence-electron chi connectivity index (χ1n) is 7.66. The van der Waals surface area contributed by atoms with Crippen LogP contribution in [0.1, 0.15) is 22.5 Å². The number of rotatable bonds is 3. The second-order valence-corrected chi connectivity index (χ2v) is 6.34. The van der Waals surface area contributed by atoms with Gasteiger partial charge in [0.15, 0.2) is 0 Å². The highest BCUT2D eigenvalue weighted by Crippen LogP contribution is 2.27. The van der Waals surface area contributed by atoms with Crippen molar-refractivity contribution in [2.24, 2.45) is 0 Å². The quantitative estimate of drug-likeness (QED) is 0.938. The number of hydrogen-bond donors (Lipinski definition) is 1. The number of pyridine rings is 1. The van der Waals surface area contributed by atoms with Crippen LogP contribution in [0.25, 0.3) is 10.9 Å². The topological polar surface area (TPSA) is 45.2 Å². The van der Waals surface area contributed by atoms with Crippen LogP contribution in [0.3, 0.4) is 0 Å². The molecule has 0 aliphatic carbocycles. The molecule has 0 unspecified atom stereocenters. The Labute approximate surface area is 139 Å². The Balaban J connectivity index is 1.99.